The largest absolute Gasteiger partial charge is 0.481 e. The Hall–Kier alpha value is -3.37. The molecule has 3 N–H and O–H groups in total. The molecule has 0 radical (unpaired) electrons. The van der Waals surface area contributed by atoms with Crippen molar-refractivity contribution >= 4 is 41.3 Å². The molecule has 4 heterocycles. The number of quaternary nitrogens is 1. The van der Waals surface area contributed by atoms with Gasteiger partial charge in [-0.25, -0.2) is 0 Å². The number of carbonyl (C=O) groups excluding carboxylic acids is 1. The van der Waals surface area contributed by atoms with Crippen molar-refractivity contribution in [1.82, 2.24) is 5.01 Å². The maximum Gasteiger partial charge on any atom is 0.306 e. The van der Waals surface area contributed by atoms with Crippen LogP contribution in [0.3, 0.4) is 0 Å². The van der Waals surface area contributed by atoms with Gasteiger partial charge >= 0.3 is 11.8 Å². The number of anilines is 2. The molecule has 0 aliphatic carbocycles. The Morgan fingerprint density at radius 2 is 2.10 bits per heavy atom. The van der Waals surface area contributed by atoms with E-state index in [0.717, 1.165) is 16.9 Å². The Bertz CT molecular complexity index is 1100. The molecule has 10 heteroatoms. The SMILES string of the molecule is CC1(C)C(=O)Nc2cc(NC3=N[N+]4(N5CCC(C(=O)O)CC5)C=CN=CC4=N3)ccc21. The molecule has 31 heavy (non-hydrogen) atoms. The number of nitrogens with one attached hydrogen (secondary N) is 2. The quantitative estimate of drug-likeness (QED) is 0.645. The lowest BCUT2D eigenvalue weighted by atomic mass is 9.86. The summed E-state index contributed by atoms with van der Waals surface area (Å²) in [5.41, 5.74) is 1.95. The Balaban J connectivity index is 1.40. The van der Waals surface area contributed by atoms with Crippen LogP contribution in [-0.4, -0.2) is 57.8 Å². The number of guanidine groups is 1. The number of aliphatic imine (C=N–C) groups is 2. The predicted octanol–water partition coefficient (Wildman–Crippen LogP) is 2.10. The molecule has 1 unspecified atom stereocenters. The zero-order valence-electron chi connectivity index (χ0n) is 17.4. The van der Waals surface area contributed by atoms with E-state index in [1.807, 2.05) is 38.2 Å². The van der Waals surface area contributed by atoms with Gasteiger partial charge in [0.1, 0.15) is 6.21 Å². The van der Waals surface area contributed by atoms with E-state index in [-0.39, 0.29) is 16.5 Å². The Morgan fingerprint density at radius 1 is 1.32 bits per heavy atom. The second-order valence-electron chi connectivity index (χ2n) is 8.65. The molecule has 0 aromatic heterocycles. The van der Waals surface area contributed by atoms with E-state index in [4.69, 9.17) is 5.10 Å². The third-order valence-electron chi connectivity index (χ3n) is 6.37. The standard InChI is InChI=1S/C21H23N7O3/c1-21(2)15-4-3-14(11-16(15)24-19(21)31)23-20-25-17-12-22-7-10-28(17,26-20)27-8-5-13(6-9-27)18(29)30/h3-4,7,10-13H,5-6,8-9H2,1-2H3,(H2-,23,24,26,29,30,31)/p+1. The van der Waals surface area contributed by atoms with Crippen molar-refractivity contribution < 1.29 is 19.4 Å². The molecular weight excluding hydrogens is 398 g/mol. The van der Waals surface area contributed by atoms with Gasteiger partial charge < -0.3 is 15.7 Å². The van der Waals surface area contributed by atoms with Crippen LogP contribution in [0.15, 0.2) is 45.7 Å². The lowest BCUT2D eigenvalue weighted by Gasteiger charge is -2.38. The van der Waals surface area contributed by atoms with E-state index in [1.165, 1.54) is 0 Å². The second kappa shape index (κ2) is 6.82. The van der Waals surface area contributed by atoms with Gasteiger partial charge in [0.15, 0.2) is 6.20 Å². The van der Waals surface area contributed by atoms with Crippen molar-refractivity contribution in [2.45, 2.75) is 32.1 Å². The monoisotopic (exact) mass is 422 g/mol. The normalized spacial score (nSPS) is 26.7. The van der Waals surface area contributed by atoms with Gasteiger partial charge in [0.05, 0.1) is 30.6 Å². The summed E-state index contributed by atoms with van der Waals surface area (Å²) in [6.07, 6.45) is 6.33. The van der Waals surface area contributed by atoms with Crippen LogP contribution in [0.25, 0.3) is 0 Å². The van der Waals surface area contributed by atoms with E-state index in [9.17, 15) is 14.7 Å². The number of carboxylic acids is 1. The first-order valence-electron chi connectivity index (χ1n) is 10.3. The lowest BCUT2D eigenvalue weighted by molar-refractivity contribution is -0.918. The summed E-state index contributed by atoms with van der Waals surface area (Å²) in [4.78, 5) is 32.4. The first kappa shape index (κ1) is 19.6. The predicted molar refractivity (Wildman–Crippen MR) is 116 cm³/mol. The molecule has 0 bridgehead atoms. The summed E-state index contributed by atoms with van der Waals surface area (Å²) >= 11 is 0. The summed E-state index contributed by atoms with van der Waals surface area (Å²) < 4.78 is 0.0485. The average molecular weight is 422 g/mol. The molecule has 0 saturated carbocycles. The molecule has 10 nitrogen and oxygen atoms in total. The number of carboxylic acid groups (broad SMARTS) is 1. The van der Waals surface area contributed by atoms with Gasteiger partial charge in [0.25, 0.3) is 5.96 Å². The number of amides is 1. The highest BCUT2D eigenvalue weighted by Crippen LogP contribution is 2.39. The molecule has 1 saturated heterocycles. The highest BCUT2D eigenvalue weighted by molar-refractivity contribution is 6.30. The number of rotatable bonds is 3. The van der Waals surface area contributed by atoms with E-state index < -0.39 is 11.4 Å². The topological polar surface area (TPSA) is 119 Å². The number of nitrogens with zero attached hydrogens (tertiary/aromatic N) is 5. The second-order valence-corrected chi connectivity index (χ2v) is 8.65. The number of benzene rings is 1. The minimum atomic E-state index is -0.747. The fourth-order valence-electron chi connectivity index (χ4n) is 4.44. The Morgan fingerprint density at radius 3 is 2.84 bits per heavy atom. The van der Waals surface area contributed by atoms with Crippen molar-refractivity contribution in [1.29, 1.82) is 0 Å². The third-order valence-corrected chi connectivity index (χ3v) is 6.37. The summed E-state index contributed by atoms with van der Waals surface area (Å²) in [5, 5.41) is 22.4. The summed E-state index contributed by atoms with van der Waals surface area (Å²) in [7, 11) is 0. The molecule has 5 rings (SSSR count). The van der Waals surface area contributed by atoms with Gasteiger partial charge in [-0.2, -0.15) is 0 Å². The molecule has 1 fully saturated rings. The van der Waals surface area contributed by atoms with Crippen LogP contribution >= 0.6 is 0 Å². The van der Waals surface area contributed by atoms with Crippen LogP contribution in [0.2, 0.25) is 0 Å². The molecule has 4 aliphatic rings. The molecule has 4 aliphatic heterocycles. The van der Waals surface area contributed by atoms with E-state index in [0.29, 0.717) is 37.7 Å². The number of hydrogen-bond donors (Lipinski definition) is 3. The number of fused-ring (bicyclic) bond motifs is 2. The smallest absolute Gasteiger partial charge is 0.306 e. The number of carbonyl (C=O) groups is 2. The van der Waals surface area contributed by atoms with Crippen molar-refractivity contribution in [3.8, 4) is 0 Å². The summed E-state index contributed by atoms with van der Waals surface area (Å²) in [6, 6.07) is 5.73. The van der Waals surface area contributed by atoms with Crippen LogP contribution in [0.5, 0.6) is 0 Å². The zero-order valence-corrected chi connectivity index (χ0v) is 17.4. The van der Waals surface area contributed by atoms with E-state index in [1.54, 1.807) is 12.4 Å². The lowest BCUT2D eigenvalue weighted by Crippen LogP contribution is -2.59. The van der Waals surface area contributed by atoms with Crippen molar-refractivity contribution in [3.05, 3.63) is 36.2 Å². The zero-order chi connectivity index (χ0) is 21.8. The van der Waals surface area contributed by atoms with Crippen LogP contribution < -0.4 is 10.6 Å². The van der Waals surface area contributed by atoms with Crippen LogP contribution in [-0.2, 0) is 15.0 Å². The van der Waals surface area contributed by atoms with E-state index in [2.05, 4.69) is 25.6 Å². The first-order chi connectivity index (χ1) is 14.8. The summed E-state index contributed by atoms with van der Waals surface area (Å²) in [6.45, 7) is 4.98. The molecule has 1 aromatic rings. The van der Waals surface area contributed by atoms with Gasteiger partial charge in [-0.15, -0.1) is 10.0 Å². The van der Waals surface area contributed by atoms with Gasteiger partial charge in [-0.1, -0.05) is 6.07 Å². The minimum Gasteiger partial charge on any atom is -0.481 e. The maximum absolute atomic E-state index is 12.2. The van der Waals surface area contributed by atoms with Gasteiger partial charge in [0, 0.05) is 11.4 Å². The summed E-state index contributed by atoms with van der Waals surface area (Å²) in [5.74, 6) is -0.0205. The third kappa shape index (κ3) is 3.06. The van der Waals surface area contributed by atoms with Crippen LogP contribution in [0.4, 0.5) is 11.4 Å². The van der Waals surface area contributed by atoms with Gasteiger partial charge in [-0.3, -0.25) is 14.6 Å². The Labute approximate surface area is 179 Å². The molecule has 1 aromatic carbocycles. The van der Waals surface area contributed by atoms with Crippen LogP contribution in [0.1, 0.15) is 32.3 Å². The van der Waals surface area contributed by atoms with Crippen molar-refractivity contribution in [2.24, 2.45) is 21.0 Å². The maximum atomic E-state index is 12.2. The number of aliphatic carboxylic acids is 1. The fourth-order valence-corrected chi connectivity index (χ4v) is 4.44. The highest BCUT2D eigenvalue weighted by atomic mass is 16.4. The van der Waals surface area contributed by atoms with Crippen molar-refractivity contribution in [2.75, 3.05) is 23.7 Å². The molecule has 1 amide bonds. The number of hydrogen-bond acceptors (Lipinski definition) is 7. The fraction of sp³-hybridized carbons (Fsp3) is 0.381. The van der Waals surface area contributed by atoms with Gasteiger partial charge in [-0.05, 0) is 54.2 Å². The Kier molecular flexibility index (Phi) is 4.31. The number of piperidine rings is 1. The van der Waals surface area contributed by atoms with E-state index >= 15 is 0 Å². The molecule has 1 atom stereocenters. The molecule has 0 spiro atoms. The van der Waals surface area contributed by atoms with Crippen LogP contribution in [0, 0.1) is 5.92 Å². The average Bonchev–Trinajstić information content (AvgIpc) is 3.22. The van der Waals surface area contributed by atoms with Crippen molar-refractivity contribution in [3.63, 3.8) is 0 Å². The highest BCUT2D eigenvalue weighted by Gasteiger charge is 2.48. The number of amidine groups is 1. The molecule has 160 valence electrons. The van der Waals surface area contributed by atoms with Gasteiger partial charge in [0.2, 0.25) is 5.91 Å². The first-order valence-corrected chi connectivity index (χ1v) is 10.3. The molecular formula is C21H24N7O3+. The minimum absolute atomic E-state index is 0.0224.